The number of hydrogen-bond donors (Lipinski definition) is 2. The Labute approximate surface area is 179 Å². The second-order valence-electron chi connectivity index (χ2n) is 7.72. The van der Waals surface area contributed by atoms with Crippen molar-refractivity contribution in [2.45, 2.75) is 39.3 Å². The molecular weight excluding hydrogens is 399 g/mol. The topological polar surface area (TPSA) is 94.0 Å². The number of carbonyl (C=O) groups is 1. The van der Waals surface area contributed by atoms with Gasteiger partial charge in [-0.3, -0.25) is 9.36 Å². The third-order valence-electron chi connectivity index (χ3n) is 5.11. The number of anilines is 1. The van der Waals surface area contributed by atoms with Crippen LogP contribution in [0.4, 0.5) is 10.3 Å². The molecule has 0 spiro atoms. The van der Waals surface area contributed by atoms with Crippen LogP contribution in [0.3, 0.4) is 0 Å². The van der Waals surface area contributed by atoms with Gasteiger partial charge in [-0.05, 0) is 49.9 Å². The molecule has 1 aromatic carbocycles. The third kappa shape index (κ3) is 5.24. The zero-order valence-electron chi connectivity index (χ0n) is 17.6. The Morgan fingerprint density at radius 1 is 1.23 bits per heavy atom. The van der Waals surface area contributed by atoms with Gasteiger partial charge in [0, 0.05) is 43.8 Å². The van der Waals surface area contributed by atoms with Crippen molar-refractivity contribution in [1.29, 1.82) is 0 Å². The van der Waals surface area contributed by atoms with Gasteiger partial charge in [-0.25, -0.2) is 14.4 Å². The molecule has 0 atom stereocenters. The summed E-state index contributed by atoms with van der Waals surface area (Å²) in [4.78, 5) is 25.7. The van der Waals surface area contributed by atoms with Crippen LogP contribution in [0.5, 0.6) is 0 Å². The molecule has 0 saturated carbocycles. The predicted molar refractivity (Wildman–Crippen MR) is 114 cm³/mol. The largest absolute Gasteiger partial charge is 0.381 e. The second-order valence-corrected chi connectivity index (χ2v) is 7.72. The molecule has 2 N–H and O–H groups in total. The molecule has 0 bridgehead atoms. The number of benzene rings is 1. The van der Waals surface area contributed by atoms with Gasteiger partial charge in [-0.15, -0.1) is 0 Å². The molecule has 8 nitrogen and oxygen atoms in total. The number of hydrogen-bond acceptors (Lipinski definition) is 6. The summed E-state index contributed by atoms with van der Waals surface area (Å²) in [6.07, 6.45) is 6.74. The molecule has 1 aliphatic heterocycles. The monoisotopic (exact) mass is 424 g/mol. The molecule has 1 saturated heterocycles. The van der Waals surface area contributed by atoms with E-state index < -0.39 is 0 Å². The number of carbonyl (C=O) groups excluding carboxylic acids is 1. The number of amides is 1. The number of nitrogens with zero attached hydrogens (tertiary/aromatic N) is 4. The van der Waals surface area contributed by atoms with Crippen molar-refractivity contribution in [3.05, 3.63) is 65.1 Å². The van der Waals surface area contributed by atoms with E-state index in [2.05, 4.69) is 25.6 Å². The van der Waals surface area contributed by atoms with Gasteiger partial charge < -0.3 is 15.4 Å². The zero-order valence-corrected chi connectivity index (χ0v) is 17.6. The lowest BCUT2D eigenvalue weighted by Crippen LogP contribution is -2.28. The highest BCUT2D eigenvalue weighted by atomic mass is 19.1. The normalized spacial score (nSPS) is 14.4. The van der Waals surface area contributed by atoms with Gasteiger partial charge in [0.2, 0.25) is 5.95 Å². The van der Waals surface area contributed by atoms with Gasteiger partial charge in [-0.1, -0.05) is 6.07 Å². The minimum Gasteiger partial charge on any atom is -0.381 e. The van der Waals surface area contributed by atoms with Crippen LogP contribution in [-0.4, -0.2) is 44.7 Å². The van der Waals surface area contributed by atoms with E-state index in [9.17, 15) is 9.18 Å². The summed E-state index contributed by atoms with van der Waals surface area (Å²) in [7, 11) is 0. The van der Waals surface area contributed by atoms with E-state index in [-0.39, 0.29) is 30.0 Å². The first kappa shape index (κ1) is 20.9. The number of rotatable bonds is 6. The quantitative estimate of drug-likeness (QED) is 0.632. The van der Waals surface area contributed by atoms with Crippen LogP contribution >= 0.6 is 0 Å². The fourth-order valence-corrected chi connectivity index (χ4v) is 3.53. The Balaban J connectivity index is 1.44. The van der Waals surface area contributed by atoms with Crippen molar-refractivity contribution in [3.8, 4) is 5.82 Å². The number of aryl methyl sites for hydroxylation is 2. The summed E-state index contributed by atoms with van der Waals surface area (Å²) in [6, 6.07) is 4.96. The number of imidazole rings is 1. The smallest absolute Gasteiger partial charge is 0.271 e. The highest BCUT2D eigenvalue weighted by Gasteiger charge is 2.16. The summed E-state index contributed by atoms with van der Waals surface area (Å²) >= 11 is 0. The van der Waals surface area contributed by atoms with Crippen LogP contribution in [0.2, 0.25) is 0 Å². The number of ether oxygens (including phenoxy) is 1. The summed E-state index contributed by atoms with van der Waals surface area (Å²) in [6.45, 7) is 5.39. The average molecular weight is 424 g/mol. The first-order chi connectivity index (χ1) is 15.0. The van der Waals surface area contributed by atoms with Crippen molar-refractivity contribution in [1.82, 2.24) is 24.8 Å². The van der Waals surface area contributed by atoms with E-state index in [0.29, 0.717) is 17.3 Å². The fourth-order valence-electron chi connectivity index (χ4n) is 3.53. The van der Waals surface area contributed by atoms with E-state index in [1.807, 2.05) is 19.9 Å². The Morgan fingerprint density at radius 3 is 2.81 bits per heavy atom. The number of aromatic nitrogens is 4. The highest BCUT2D eigenvalue weighted by Crippen LogP contribution is 2.16. The fraction of sp³-hybridized carbons (Fsp3) is 0.364. The molecule has 1 fully saturated rings. The molecule has 3 heterocycles. The predicted octanol–water partition coefficient (Wildman–Crippen LogP) is 2.94. The van der Waals surface area contributed by atoms with Crippen LogP contribution in [0.25, 0.3) is 5.82 Å². The molecule has 3 aromatic rings. The standard InChI is InChI=1S/C22H25FN6O2/c1-14-7-16(9-17(23)8-14)11-24-21(30)19-12-29(13-26-19)20-15(2)10-25-22(28-20)27-18-3-5-31-6-4-18/h7-10,12-13,18H,3-6,11H2,1-2H3,(H,24,30)(H,25,27,28). The molecule has 1 aliphatic rings. The van der Waals surface area contributed by atoms with Crippen LogP contribution in [0, 0.1) is 19.7 Å². The maximum Gasteiger partial charge on any atom is 0.271 e. The molecule has 0 radical (unpaired) electrons. The minimum absolute atomic E-state index is 0.218. The molecule has 0 unspecified atom stereocenters. The Bertz CT molecular complexity index is 1060. The van der Waals surface area contributed by atoms with E-state index in [0.717, 1.165) is 37.2 Å². The van der Waals surface area contributed by atoms with Crippen molar-refractivity contribution in [3.63, 3.8) is 0 Å². The lowest BCUT2D eigenvalue weighted by Gasteiger charge is -2.23. The molecule has 31 heavy (non-hydrogen) atoms. The van der Waals surface area contributed by atoms with Crippen LogP contribution in [0.15, 0.2) is 36.9 Å². The van der Waals surface area contributed by atoms with Gasteiger partial charge >= 0.3 is 0 Å². The average Bonchev–Trinajstić information content (AvgIpc) is 3.24. The summed E-state index contributed by atoms with van der Waals surface area (Å²) in [5, 5.41) is 6.13. The van der Waals surface area contributed by atoms with Gasteiger partial charge in [0.25, 0.3) is 5.91 Å². The van der Waals surface area contributed by atoms with E-state index in [1.165, 1.54) is 12.1 Å². The summed E-state index contributed by atoms with van der Waals surface area (Å²) in [5.41, 5.74) is 2.61. The highest BCUT2D eigenvalue weighted by molar-refractivity contribution is 5.92. The summed E-state index contributed by atoms with van der Waals surface area (Å²) in [5.74, 6) is 0.524. The molecule has 4 rings (SSSR count). The Morgan fingerprint density at radius 2 is 2.03 bits per heavy atom. The lowest BCUT2D eigenvalue weighted by atomic mass is 10.1. The molecular formula is C22H25FN6O2. The van der Waals surface area contributed by atoms with Crippen LogP contribution in [0.1, 0.15) is 40.0 Å². The van der Waals surface area contributed by atoms with Crippen molar-refractivity contribution < 1.29 is 13.9 Å². The van der Waals surface area contributed by atoms with Crippen molar-refractivity contribution >= 4 is 11.9 Å². The van der Waals surface area contributed by atoms with Gasteiger partial charge in [-0.2, -0.15) is 4.98 Å². The van der Waals surface area contributed by atoms with Crippen molar-refractivity contribution in [2.24, 2.45) is 0 Å². The zero-order chi connectivity index (χ0) is 21.8. The molecule has 9 heteroatoms. The van der Waals surface area contributed by atoms with Crippen LogP contribution < -0.4 is 10.6 Å². The van der Waals surface area contributed by atoms with Gasteiger partial charge in [0.05, 0.1) is 0 Å². The molecule has 162 valence electrons. The third-order valence-corrected chi connectivity index (χ3v) is 5.11. The van der Waals surface area contributed by atoms with E-state index in [4.69, 9.17) is 4.74 Å². The maximum absolute atomic E-state index is 13.5. The molecule has 1 amide bonds. The summed E-state index contributed by atoms with van der Waals surface area (Å²) < 4.78 is 20.6. The SMILES string of the molecule is Cc1cc(F)cc(CNC(=O)c2cn(-c3nc(NC4CCOCC4)ncc3C)cn2)c1. The van der Waals surface area contributed by atoms with Gasteiger partial charge in [0.1, 0.15) is 23.7 Å². The minimum atomic E-state index is -0.340. The second kappa shape index (κ2) is 9.22. The number of halogens is 1. The van der Waals surface area contributed by atoms with Crippen molar-refractivity contribution in [2.75, 3.05) is 18.5 Å². The van der Waals surface area contributed by atoms with E-state index >= 15 is 0 Å². The molecule has 2 aromatic heterocycles. The lowest BCUT2D eigenvalue weighted by molar-refractivity contribution is 0.0903. The Hall–Kier alpha value is -3.33. The molecule has 0 aliphatic carbocycles. The van der Waals surface area contributed by atoms with Crippen LogP contribution in [-0.2, 0) is 11.3 Å². The van der Waals surface area contributed by atoms with E-state index in [1.54, 1.807) is 23.3 Å². The number of nitrogens with one attached hydrogen (secondary N) is 2. The first-order valence-electron chi connectivity index (χ1n) is 10.2. The maximum atomic E-state index is 13.5. The van der Waals surface area contributed by atoms with Gasteiger partial charge in [0.15, 0.2) is 0 Å². The first-order valence-corrected chi connectivity index (χ1v) is 10.2. The Kier molecular flexibility index (Phi) is 6.22.